The molecule has 0 saturated heterocycles. The molecule has 20 heavy (non-hydrogen) atoms. The lowest BCUT2D eigenvalue weighted by molar-refractivity contribution is 0.303. The highest BCUT2D eigenvalue weighted by Crippen LogP contribution is 2.23. The van der Waals surface area contributed by atoms with Crippen molar-refractivity contribution in [1.29, 1.82) is 5.26 Å². The molecule has 0 aromatic heterocycles. The summed E-state index contributed by atoms with van der Waals surface area (Å²) in [5.74, 6) is -0.370. The van der Waals surface area contributed by atoms with Gasteiger partial charge in [-0.2, -0.15) is 5.26 Å². The minimum atomic E-state index is -0.570. The molecule has 2 rings (SSSR count). The Hall–Kier alpha value is -2.12. The Morgan fingerprint density at radius 2 is 1.95 bits per heavy atom. The van der Waals surface area contributed by atoms with Crippen LogP contribution in [0, 0.1) is 23.0 Å². The summed E-state index contributed by atoms with van der Waals surface area (Å²) in [6, 6.07) is 9.98. The van der Waals surface area contributed by atoms with Gasteiger partial charge in [0, 0.05) is 5.56 Å². The molecule has 0 bridgehead atoms. The molecule has 2 nitrogen and oxygen atoms in total. The van der Waals surface area contributed by atoms with E-state index < -0.39 is 5.82 Å². The van der Waals surface area contributed by atoms with E-state index in [2.05, 4.69) is 0 Å². The fourth-order valence-corrected chi connectivity index (χ4v) is 1.91. The van der Waals surface area contributed by atoms with Gasteiger partial charge in [0.05, 0.1) is 11.4 Å². The van der Waals surface area contributed by atoms with E-state index in [-0.39, 0.29) is 23.9 Å². The van der Waals surface area contributed by atoms with Crippen LogP contribution in [-0.4, -0.2) is 0 Å². The first-order chi connectivity index (χ1) is 9.63. The number of halogens is 3. The summed E-state index contributed by atoms with van der Waals surface area (Å²) in [4.78, 5) is 0. The van der Waals surface area contributed by atoms with Gasteiger partial charge in [-0.3, -0.25) is 0 Å². The monoisotopic (exact) mass is 293 g/mol. The van der Waals surface area contributed by atoms with Gasteiger partial charge in [-0.05, 0) is 35.9 Å². The van der Waals surface area contributed by atoms with Gasteiger partial charge in [0.25, 0.3) is 0 Å². The van der Waals surface area contributed by atoms with Crippen LogP contribution in [0.3, 0.4) is 0 Å². The standard InChI is InChI=1S/C15H10ClF2NO/c16-7-11-6-13(17)2-4-15(11)20-9-10-1-3-14(18)12(5-10)8-19/h1-6H,7,9H2. The molecule has 0 amide bonds. The Labute approximate surface area is 120 Å². The number of nitriles is 1. The zero-order valence-corrected chi connectivity index (χ0v) is 11.1. The molecule has 2 aromatic carbocycles. The molecular weight excluding hydrogens is 284 g/mol. The minimum Gasteiger partial charge on any atom is -0.489 e. The third-order valence-electron chi connectivity index (χ3n) is 2.71. The van der Waals surface area contributed by atoms with Crippen LogP contribution in [-0.2, 0) is 12.5 Å². The third-order valence-corrected chi connectivity index (χ3v) is 3.00. The molecule has 0 spiro atoms. The first-order valence-electron chi connectivity index (χ1n) is 5.79. The summed E-state index contributed by atoms with van der Waals surface area (Å²) in [5, 5.41) is 8.75. The van der Waals surface area contributed by atoms with Gasteiger partial charge < -0.3 is 4.74 Å². The second-order valence-corrected chi connectivity index (χ2v) is 4.37. The van der Waals surface area contributed by atoms with Crippen molar-refractivity contribution in [2.24, 2.45) is 0 Å². The fourth-order valence-electron chi connectivity index (χ4n) is 1.70. The summed E-state index contributed by atoms with van der Waals surface area (Å²) >= 11 is 5.71. The first-order valence-corrected chi connectivity index (χ1v) is 6.33. The smallest absolute Gasteiger partial charge is 0.140 e. The summed E-state index contributed by atoms with van der Waals surface area (Å²) in [6.45, 7) is 0.143. The lowest BCUT2D eigenvalue weighted by Gasteiger charge is -2.10. The van der Waals surface area contributed by atoms with Crippen molar-refractivity contribution in [3.8, 4) is 11.8 Å². The number of hydrogen-bond donors (Lipinski definition) is 0. The van der Waals surface area contributed by atoms with Crippen LogP contribution in [0.4, 0.5) is 8.78 Å². The lowest BCUT2D eigenvalue weighted by atomic mass is 10.1. The van der Waals surface area contributed by atoms with Crippen molar-refractivity contribution in [1.82, 2.24) is 0 Å². The molecule has 0 unspecified atom stereocenters. The second-order valence-electron chi connectivity index (χ2n) is 4.10. The number of benzene rings is 2. The normalized spacial score (nSPS) is 10.1. The van der Waals surface area contributed by atoms with E-state index in [0.717, 1.165) is 0 Å². The van der Waals surface area contributed by atoms with Crippen molar-refractivity contribution < 1.29 is 13.5 Å². The number of ether oxygens (including phenoxy) is 1. The fraction of sp³-hybridized carbons (Fsp3) is 0.133. The van der Waals surface area contributed by atoms with Gasteiger partial charge in [0.15, 0.2) is 0 Å². The number of nitrogens with zero attached hydrogens (tertiary/aromatic N) is 1. The number of rotatable bonds is 4. The Balaban J connectivity index is 2.15. The van der Waals surface area contributed by atoms with Crippen molar-refractivity contribution in [3.05, 3.63) is 64.7 Å². The molecule has 102 valence electrons. The van der Waals surface area contributed by atoms with E-state index in [9.17, 15) is 8.78 Å². The quantitative estimate of drug-likeness (QED) is 0.793. The molecule has 0 aliphatic carbocycles. The Kier molecular flexibility index (Phi) is 4.54. The Bertz CT molecular complexity index is 667. The second kappa shape index (κ2) is 6.36. The van der Waals surface area contributed by atoms with Crippen LogP contribution in [0.1, 0.15) is 16.7 Å². The molecule has 0 aliphatic rings. The highest BCUT2D eigenvalue weighted by atomic mass is 35.5. The van der Waals surface area contributed by atoms with Crippen LogP contribution in [0.5, 0.6) is 5.75 Å². The van der Waals surface area contributed by atoms with E-state index >= 15 is 0 Å². The number of hydrogen-bond acceptors (Lipinski definition) is 2. The molecular formula is C15H10ClF2NO. The van der Waals surface area contributed by atoms with Gasteiger partial charge in [-0.25, -0.2) is 8.78 Å². The van der Waals surface area contributed by atoms with Crippen molar-refractivity contribution in [3.63, 3.8) is 0 Å². The highest BCUT2D eigenvalue weighted by Gasteiger charge is 2.07. The molecule has 2 aromatic rings. The maximum absolute atomic E-state index is 13.2. The molecule has 0 fully saturated rings. The maximum atomic E-state index is 13.2. The molecule has 0 saturated carbocycles. The largest absolute Gasteiger partial charge is 0.489 e. The topological polar surface area (TPSA) is 33.0 Å². The van der Waals surface area contributed by atoms with Crippen molar-refractivity contribution in [2.75, 3.05) is 0 Å². The van der Waals surface area contributed by atoms with Gasteiger partial charge in [-0.1, -0.05) is 6.07 Å². The summed E-state index contributed by atoms with van der Waals surface area (Å²) in [7, 11) is 0. The van der Waals surface area contributed by atoms with Gasteiger partial charge in [0.1, 0.15) is 30.1 Å². The molecule has 0 atom stereocenters. The van der Waals surface area contributed by atoms with Crippen LogP contribution < -0.4 is 4.74 Å². The molecule has 0 heterocycles. The van der Waals surface area contributed by atoms with Crippen molar-refractivity contribution in [2.45, 2.75) is 12.5 Å². The average molecular weight is 294 g/mol. The van der Waals surface area contributed by atoms with Crippen LogP contribution >= 0.6 is 11.6 Å². The predicted octanol–water partition coefficient (Wildman–Crippen LogP) is 4.15. The van der Waals surface area contributed by atoms with E-state index in [1.165, 1.54) is 36.4 Å². The summed E-state index contributed by atoms with van der Waals surface area (Å²) in [5.41, 5.74) is 1.14. The highest BCUT2D eigenvalue weighted by molar-refractivity contribution is 6.17. The Morgan fingerprint density at radius 3 is 2.65 bits per heavy atom. The van der Waals surface area contributed by atoms with E-state index in [1.54, 1.807) is 6.07 Å². The summed E-state index contributed by atoms with van der Waals surface area (Å²) in [6.07, 6.45) is 0. The zero-order valence-electron chi connectivity index (χ0n) is 10.4. The van der Waals surface area contributed by atoms with Gasteiger partial charge in [-0.15, -0.1) is 11.6 Å². The lowest BCUT2D eigenvalue weighted by Crippen LogP contribution is -1.99. The number of alkyl halides is 1. The van der Waals surface area contributed by atoms with E-state index in [4.69, 9.17) is 21.6 Å². The SMILES string of the molecule is N#Cc1cc(COc2ccc(F)cc2CCl)ccc1F. The van der Waals surface area contributed by atoms with Crippen LogP contribution in [0.25, 0.3) is 0 Å². The van der Waals surface area contributed by atoms with Crippen LogP contribution in [0.2, 0.25) is 0 Å². The molecule has 0 radical (unpaired) electrons. The van der Waals surface area contributed by atoms with E-state index in [1.807, 2.05) is 0 Å². The van der Waals surface area contributed by atoms with Crippen LogP contribution in [0.15, 0.2) is 36.4 Å². The molecule has 0 N–H and O–H groups in total. The maximum Gasteiger partial charge on any atom is 0.140 e. The summed E-state index contributed by atoms with van der Waals surface area (Å²) < 4.78 is 31.7. The van der Waals surface area contributed by atoms with Gasteiger partial charge in [0.2, 0.25) is 0 Å². The zero-order chi connectivity index (χ0) is 14.5. The Morgan fingerprint density at radius 1 is 1.15 bits per heavy atom. The molecule has 5 heteroatoms. The van der Waals surface area contributed by atoms with E-state index in [0.29, 0.717) is 16.9 Å². The average Bonchev–Trinajstić information content (AvgIpc) is 2.47. The minimum absolute atomic E-state index is 0.0391. The van der Waals surface area contributed by atoms with Gasteiger partial charge >= 0.3 is 0 Å². The third kappa shape index (κ3) is 3.25. The molecule has 0 aliphatic heterocycles. The first kappa shape index (κ1) is 14.3. The predicted molar refractivity (Wildman–Crippen MR) is 71.4 cm³/mol. The van der Waals surface area contributed by atoms with Crippen molar-refractivity contribution >= 4 is 11.6 Å².